The first kappa shape index (κ1) is 21.8. The van der Waals surface area contributed by atoms with E-state index in [9.17, 15) is 13.6 Å². The minimum absolute atomic E-state index is 0. The van der Waals surface area contributed by atoms with Crippen LogP contribution in [0.3, 0.4) is 0 Å². The molecule has 0 aliphatic carbocycles. The van der Waals surface area contributed by atoms with E-state index in [1.807, 2.05) is 13.8 Å². The lowest BCUT2D eigenvalue weighted by Crippen LogP contribution is -2.54. The van der Waals surface area contributed by atoms with Gasteiger partial charge in [0.1, 0.15) is 0 Å². The summed E-state index contributed by atoms with van der Waals surface area (Å²) in [5, 5.41) is 5.41. The molecule has 0 aromatic carbocycles. The molecule has 2 aliphatic heterocycles. The molecule has 0 radical (unpaired) electrons. The van der Waals surface area contributed by atoms with Crippen LogP contribution < -0.4 is 10.6 Å². The van der Waals surface area contributed by atoms with E-state index in [1.54, 1.807) is 0 Å². The molecule has 9 heteroatoms. The van der Waals surface area contributed by atoms with Gasteiger partial charge in [0, 0.05) is 31.6 Å². The fourth-order valence-corrected chi connectivity index (χ4v) is 2.65. The summed E-state index contributed by atoms with van der Waals surface area (Å²) in [6.07, 6.45) is -0.419. The van der Waals surface area contributed by atoms with Gasteiger partial charge in [0.2, 0.25) is 5.91 Å². The number of hydrogen-bond acceptors (Lipinski definition) is 4. The molecule has 2 rings (SSSR count). The van der Waals surface area contributed by atoms with E-state index < -0.39 is 24.9 Å². The van der Waals surface area contributed by atoms with Crippen molar-refractivity contribution >= 4 is 30.7 Å². The van der Waals surface area contributed by atoms with Gasteiger partial charge in [-0.2, -0.15) is 0 Å². The van der Waals surface area contributed by atoms with Crippen LogP contribution in [0.1, 0.15) is 20.3 Å². The van der Waals surface area contributed by atoms with Gasteiger partial charge in [0.05, 0.1) is 25.8 Å². The Labute approximate surface area is 142 Å². The maximum absolute atomic E-state index is 13.1. The lowest BCUT2D eigenvalue weighted by molar-refractivity contribution is -0.124. The maximum atomic E-state index is 13.1. The van der Waals surface area contributed by atoms with E-state index >= 15 is 0 Å². The molecule has 22 heavy (non-hydrogen) atoms. The van der Waals surface area contributed by atoms with Crippen LogP contribution in [0.15, 0.2) is 0 Å². The van der Waals surface area contributed by atoms with Gasteiger partial charge < -0.3 is 10.1 Å². The number of morpholine rings is 1. The molecule has 0 spiro atoms. The quantitative estimate of drug-likeness (QED) is 0.783. The van der Waals surface area contributed by atoms with Crippen molar-refractivity contribution in [3.8, 4) is 0 Å². The summed E-state index contributed by atoms with van der Waals surface area (Å²) < 4.78 is 31.4. The highest BCUT2D eigenvalue weighted by molar-refractivity contribution is 5.85. The molecular weight excluding hydrogens is 339 g/mol. The zero-order chi connectivity index (χ0) is 14.8. The fourth-order valence-electron chi connectivity index (χ4n) is 2.65. The van der Waals surface area contributed by atoms with Crippen molar-refractivity contribution in [1.82, 2.24) is 15.5 Å². The smallest absolute Gasteiger partial charge is 0.262 e. The second-order valence-electron chi connectivity index (χ2n) is 5.68. The Morgan fingerprint density at radius 1 is 1.32 bits per heavy atom. The van der Waals surface area contributed by atoms with Crippen LogP contribution in [0.25, 0.3) is 0 Å². The molecule has 2 aliphatic rings. The predicted molar refractivity (Wildman–Crippen MR) is 85.3 cm³/mol. The number of nitrogens with one attached hydrogen (secondary N) is 2. The van der Waals surface area contributed by atoms with Gasteiger partial charge >= 0.3 is 0 Å². The van der Waals surface area contributed by atoms with Crippen molar-refractivity contribution in [2.24, 2.45) is 0 Å². The highest BCUT2D eigenvalue weighted by Crippen LogP contribution is 2.25. The molecule has 132 valence electrons. The third-order valence-electron chi connectivity index (χ3n) is 4.14. The molecular formula is C13H25Cl2F2N3O2. The van der Waals surface area contributed by atoms with Crippen LogP contribution in [-0.4, -0.2) is 67.7 Å². The number of hydrogen-bond donors (Lipinski definition) is 2. The molecule has 2 fully saturated rings. The molecule has 1 amide bonds. The van der Waals surface area contributed by atoms with Gasteiger partial charge in [0.25, 0.3) is 5.92 Å². The Balaban J connectivity index is 0.00000220. The number of halogens is 4. The number of alkyl halides is 2. The van der Waals surface area contributed by atoms with E-state index in [-0.39, 0.29) is 42.8 Å². The third kappa shape index (κ3) is 5.77. The van der Waals surface area contributed by atoms with Crippen molar-refractivity contribution in [2.45, 2.75) is 44.3 Å². The Hall–Kier alpha value is -0.210. The van der Waals surface area contributed by atoms with E-state index in [0.29, 0.717) is 13.2 Å². The Morgan fingerprint density at radius 3 is 2.41 bits per heavy atom. The summed E-state index contributed by atoms with van der Waals surface area (Å²) in [4.78, 5) is 14.2. The van der Waals surface area contributed by atoms with Gasteiger partial charge in [-0.25, -0.2) is 8.78 Å². The van der Waals surface area contributed by atoms with Gasteiger partial charge in [-0.05, 0) is 13.8 Å². The minimum atomic E-state index is -2.78. The largest absolute Gasteiger partial charge is 0.379 e. The zero-order valence-corrected chi connectivity index (χ0v) is 14.4. The van der Waals surface area contributed by atoms with E-state index in [1.165, 1.54) is 0 Å². The van der Waals surface area contributed by atoms with E-state index in [4.69, 9.17) is 4.74 Å². The van der Waals surface area contributed by atoms with Gasteiger partial charge in [-0.15, -0.1) is 24.8 Å². The molecule has 3 unspecified atom stereocenters. The monoisotopic (exact) mass is 363 g/mol. The number of nitrogens with zero attached hydrogens (tertiary/aromatic N) is 1. The standard InChI is InChI=1S/C13H23F2N3O2.2ClH/c1-9(10(2)18-3-5-20-6-4-18)17-12(19)11-7-13(14,15)8-16-11;;/h9-11,16H,3-8H2,1-2H3,(H,17,19);2*1H. The lowest BCUT2D eigenvalue weighted by atomic mass is 10.1. The van der Waals surface area contributed by atoms with Crippen molar-refractivity contribution in [3.05, 3.63) is 0 Å². The Morgan fingerprint density at radius 2 is 1.91 bits per heavy atom. The second-order valence-corrected chi connectivity index (χ2v) is 5.68. The summed E-state index contributed by atoms with van der Waals surface area (Å²) in [6.45, 7) is 6.58. The Kier molecular flexibility index (Phi) is 9.09. The summed E-state index contributed by atoms with van der Waals surface area (Å²) in [5.41, 5.74) is 0. The highest BCUT2D eigenvalue weighted by atomic mass is 35.5. The highest BCUT2D eigenvalue weighted by Gasteiger charge is 2.42. The predicted octanol–water partition coefficient (Wildman–Crippen LogP) is 1.05. The molecule has 5 nitrogen and oxygen atoms in total. The average Bonchev–Trinajstić information content (AvgIpc) is 2.79. The van der Waals surface area contributed by atoms with Gasteiger partial charge in [0.15, 0.2) is 0 Å². The SMILES string of the molecule is CC(NC(=O)C1CC(F)(F)CN1)C(C)N1CCOCC1.Cl.Cl. The molecule has 0 aromatic heterocycles. The first-order chi connectivity index (χ1) is 9.39. The number of carbonyl (C=O) groups is 1. The summed E-state index contributed by atoms with van der Waals surface area (Å²) >= 11 is 0. The number of amides is 1. The summed E-state index contributed by atoms with van der Waals surface area (Å²) in [5.74, 6) is -3.11. The van der Waals surface area contributed by atoms with E-state index in [2.05, 4.69) is 15.5 Å². The molecule has 2 saturated heterocycles. The van der Waals surface area contributed by atoms with Crippen LogP contribution in [0, 0.1) is 0 Å². The second kappa shape index (κ2) is 9.17. The number of carbonyl (C=O) groups excluding carboxylic acids is 1. The van der Waals surface area contributed by atoms with Gasteiger partial charge in [-0.1, -0.05) is 0 Å². The van der Waals surface area contributed by atoms with Crippen LogP contribution in [0.5, 0.6) is 0 Å². The fraction of sp³-hybridized carbons (Fsp3) is 0.923. The van der Waals surface area contributed by atoms with Crippen LogP contribution in [0.4, 0.5) is 8.78 Å². The van der Waals surface area contributed by atoms with Crippen molar-refractivity contribution < 1.29 is 18.3 Å². The number of rotatable bonds is 4. The van der Waals surface area contributed by atoms with Crippen molar-refractivity contribution in [1.29, 1.82) is 0 Å². The van der Waals surface area contributed by atoms with Gasteiger partial charge in [-0.3, -0.25) is 15.0 Å². The normalized spacial score (nSPS) is 27.2. The first-order valence-electron chi connectivity index (χ1n) is 7.12. The van der Waals surface area contributed by atoms with Crippen LogP contribution in [-0.2, 0) is 9.53 Å². The van der Waals surface area contributed by atoms with Crippen molar-refractivity contribution in [3.63, 3.8) is 0 Å². The molecule has 3 atom stereocenters. The molecule has 0 aromatic rings. The van der Waals surface area contributed by atoms with Crippen molar-refractivity contribution in [2.75, 3.05) is 32.8 Å². The summed E-state index contributed by atoms with van der Waals surface area (Å²) in [7, 11) is 0. The minimum Gasteiger partial charge on any atom is -0.379 e. The third-order valence-corrected chi connectivity index (χ3v) is 4.14. The molecule has 0 saturated carbocycles. The molecule has 2 N–H and O–H groups in total. The topological polar surface area (TPSA) is 53.6 Å². The van der Waals surface area contributed by atoms with Crippen LogP contribution >= 0.6 is 24.8 Å². The Bertz CT molecular complexity index is 358. The van der Waals surface area contributed by atoms with E-state index in [0.717, 1.165) is 13.1 Å². The zero-order valence-electron chi connectivity index (χ0n) is 12.8. The molecule has 0 bridgehead atoms. The number of ether oxygens (including phenoxy) is 1. The maximum Gasteiger partial charge on any atom is 0.262 e. The lowest BCUT2D eigenvalue weighted by Gasteiger charge is -2.36. The average molecular weight is 364 g/mol. The summed E-state index contributed by atoms with van der Waals surface area (Å²) in [6, 6.07) is -0.717. The van der Waals surface area contributed by atoms with Crippen LogP contribution in [0.2, 0.25) is 0 Å². The first-order valence-corrected chi connectivity index (χ1v) is 7.12. The molecule has 2 heterocycles.